The second kappa shape index (κ2) is 5.86. The highest BCUT2D eigenvalue weighted by atomic mass is 16.5. The van der Waals surface area contributed by atoms with Crippen molar-refractivity contribution < 1.29 is 4.74 Å². The topological polar surface area (TPSA) is 116 Å². The van der Waals surface area contributed by atoms with Crippen LogP contribution in [0.5, 0.6) is 5.75 Å². The monoisotopic (exact) mass is 336 g/mol. The van der Waals surface area contributed by atoms with Crippen LogP contribution in [0.15, 0.2) is 30.6 Å². The van der Waals surface area contributed by atoms with E-state index in [1.807, 2.05) is 19.1 Å². The first-order valence-corrected chi connectivity index (χ1v) is 7.79. The maximum absolute atomic E-state index is 5.81. The molecule has 0 amide bonds. The van der Waals surface area contributed by atoms with E-state index in [9.17, 15) is 0 Å². The van der Waals surface area contributed by atoms with Gasteiger partial charge in [-0.1, -0.05) is 0 Å². The fraction of sp³-hybridized carbons (Fsp3) is 0.188. The molecule has 0 aliphatic carbocycles. The van der Waals surface area contributed by atoms with Crippen molar-refractivity contribution in [2.75, 3.05) is 24.7 Å². The highest BCUT2D eigenvalue weighted by molar-refractivity contribution is 5.98. The Morgan fingerprint density at radius 3 is 2.96 bits per heavy atom. The Bertz CT molecular complexity index is 1070. The van der Waals surface area contributed by atoms with Crippen LogP contribution in [0.25, 0.3) is 27.9 Å². The van der Waals surface area contributed by atoms with Gasteiger partial charge in [-0.2, -0.15) is 0 Å². The number of pyridine rings is 2. The molecule has 4 rings (SSSR count). The van der Waals surface area contributed by atoms with Crippen LogP contribution in [0.2, 0.25) is 0 Å². The maximum Gasteiger partial charge on any atom is 0.184 e. The van der Waals surface area contributed by atoms with Gasteiger partial charge < -0.3 is 15.8 Å². The maximum atomic E-state index is 5.81. The number of hydrogen-bond acceptors (Lipinski definition) is 8. The van der Waals surface area contributed by atoms with E-state index < -0.39 is 0 Å². The van der Waals surface area contributed by atoms with Gasteiger partial charge in [-0.25, -0.2) is 14.5 Å². The summed E-state index contributed by atoms with van der Waals surface area (Å²) < 4.78 is 7.18. The first kappa shape index (κ1) is 15.1. The molecule has 0 radical (unpaired) electrons. The van der Waals surface area contributed by atoms with Gasteiger partial charge in [0.15, 0.2) is 17.3 Å². The lowest BCUT2D eigenvalue weighted by Gasteiger charge is -2.07. The van der Waals surface area contributed by atoms with Gasteiger partial charge >= 0.3 is 0 Å². The zero-order valence-electron chi connectivity index (χ0n) is 13.8. The Hall–Kier alpha value is -3.49. The molecule has 25 heavy (non-hydrogen) atoms. The Morgan fingerprint density at radius 2 is 2.16 bits per heavy atom. The third-order valence-corrected chi connectivity index (χ3v) is 3.74. The third-order valence-electron chi connectivity index (χ3n) is 3.74. The Kier molecular flexibility index (Phi) is 3.53. The molecule has 0 bridgehead atoms. The van der Waals surface area contributed by atoms with E-state index in [2.05, 4.69) is 30.6 Å². The molecule has 0 atom stereocenters. The van der Waals surface area contributed by atoms with Crippen LogP contribution in [0.3, 0.4) is 0 Å². The fourth-order valence-corrected chi connectivity index (χ4v) is 2.64. The van der Waals surface area contributed by atoms with Gasteiger partial charge in [0.1, 0.15) is 17.1 Å². The molecule has 0 saturated carbocycles. The van der Waals surface area contributed by atoms with Crippen LogP contribution >= 0.6 is 0 Å². The van der Waals surface area contributed by atoms with Gasteiger partial charge in [0, 0.05) is 24.2 Å². The summed E-state index contributed by atoms with van der Waals surface area (Å²) in [5, 5.41) is 16.4. The van der Waals surface area contributed by atoms with Crippen molar-refractivity contribution in [3.8, 4) is 17.1 Å². The summed E-state index contributed by atoms with van der Waals surface area (Å²) in [6.45, 7) is 2.52. The number of aromatic nitrogens is 6. The largest absolute Gasteiger partial charge is 0.492 e. The number of nitrogens with one attached hydrogen (secondary N) is 1. The summed E-state index contributed by atoms with van der Waals surface area (Å²) in [5.41, 5.74) is 7.87. The predicted molar refractivity (Wildman–Crippen MR) is 94.4 cm³/mol. The average molecular weight is 336 g/mol. The van der Waals surface area contributed by atoms with E-state index in [0.29, 0.717) is 35.2 Å². The van der Waals surface area contributed by atoms with Gasteiger partial charge in [0.05, 0.1) is 12.8 Å². The molecule has 0 unspecified atom stereocenters. The van der Waals surface area contributed by atoms with E-state index in [-0.39, 0.29) is 0 Å². The van der Waals surface area contributed by atoms with Gasteiger partial charge in [0.2, 0.25) is 0 Å². The van der Waals surface area contributed by atoms with Crippen molar-refractivity contribution >= 4 is 28.2 Å². The summed E-state index contributed by atoms with van der Waals surface area (Å²) in [6, 6.07) is 5.46. The van der Waals surface area contributed by atoms with Gasteiger partial charge in [-0.15, -0.1) is 15.3 Å². The molecule has 0 fully saturated rings. The van der Waals surface area contributed by atoms with E-state index in [4.69, 9.17) is 10.5 Å². The minimum Gasteiger partial charge on any atom is -0.492 e. The minimum atomic E-state index is 0.324. The van der Waals surface area contributed by atoms with E-state index in [1.165, 1.54) is 0 Å². The Balaban J connectivity index is 1.92. The van der Waals surface area contributed by atoms with E-state index in [1.54, 1.807) is 30.0 Å². The molecule has 4 heterocycles. The SMILES string of the molecule is CCOc1ccc2nc(-c3cnc(NC)c4nnc(N)cc34)nn2c1. The number of nitrogens with two attached hydrogens (primary N) is 1. The number of fused-ring (bicyclic) bond motifs is 2. The normalized spacial score (nSPS) is 11.1. The lowest BCUT2D eigenvalue weighted by atomic mass is 10.1. The second-order valence-corrected chi connectivity index (χ2v) is 5.34. The number of hydrogen-bond donors (Lipinski definition) is 2. The van der Waals surface area contributed by atoms with Crippen LogP contribution in [0, 0.1) is 0 Å². The Labute approximate surface area is 142 Å². The standard InChI is InChI=1S/C16H16N8O/c1-3-25-9-4-5-13-20-15(23-24(13)8-9)11-7-19-16(18-2)14-10(11)6-12(17)21-22-14/h4-8H,3H2,1-2H3,(H2,17,21)(H,18,19). The number of rotatable bonds is 4. The highest BCUT2D eigenvalue weighted by Crippen LogP contribution is 2.29. The smallest absolute Gasteiger partial charge is 0.184 e. The molecule has 0 aliphatic heterocycles. The molecule has 9 heteroatoms. The van der Waals surface area contributed by atoms with Crippen LogP contribution < -0.4 is 15.8 Å². The molecule has 0 saturated heterocycles. The molecule has 0 aliphatic rings. The van der Waals surface area contributed by atoms with Crippen molar-refractivity contribution in [2.24, 2.45) is 0 Å². The lowest BCUT2D eigenvalue weighted by molar-refractivity contribution is 0.338. The van der Waals surface area contributed by atoms with Crippen LogP contribution in [0.4, 0.5) is 11.6 Å². The summed E-state index contributed by atoms with van der Waals surface area (Å²) in [6.07, 6.45) is 3.49. The molecule has 126 valence electrons. The third kappa shape index (κ3) is 2.55. The average Bonchev–Trinajstić information content (AvgIpc) is 3.03. The highest BCUT2D eigenvalue weighted by Gasteiger charge is 2.15. The number of anilines is 2. The zero-order chi connectivity index (χ0) is 17.4. The molecule has 0 aromatic carbocycles. The van der Waals surface area contributed by atoms with Crippen molar-refractivity contribution in [3.63, 3.8) is 0 Å². The van der Waals surface area contributed by atoms with Gasteiger partial charge in [-0.3, -0.25) is 0 Å². The van der Waals surface area contributed by atoms with Crippen molar-refractivity contribution in [3.05, 3.63) is 30.6 Å². The van der Waals surface area contributed by atoms with Crippen LogP contribution in [-0.4, -0.2) is 43.4 Å². The Morgan fingerprint density at radius 1 is 1.28 bits per heavy atom. The molecule has 9 nitrogen and oxygen atoms in total. The first-order valence-electron chi connectivity index (χ1n) is 7.79. The molecule has 4 aromatic rings. The first-order chi connectivity index (χ1) is 12.2. The number of nitrogens with zero attached hydrogens (tertiary/aromatic N) is 6. The number of ether oxygens (including phenoxy) is 1. The van der Waals surface area contributed by atoms with Crippen LogP contribution in [-0.2, 0) is 0 Å². The van der Waals surface area contributed by atoms with Crippen LogP contribution in [0.1, 0.15) is 6.92 Å². The minimum absolute atomic E-state index is 0.324. The number of nitrogen functional groups attached to an aromatic ring is 1. The fourth-order valence-electron chi connectivity index (χ4n) is 2.64. The van der Waals surface area contributed by atoms with E-state index >= 15 is 0 Å². The van der Waals surface area contributed by atoms with Crippen molar-refractivity contribution in [2.45, 2.75) is 6.92 Å². The summed E-state index contributed by atoms with van der Waals surface area (Å²) in [5.74, 6) is 2.20. The molecule has 0 spiro atoms. The van der Waals surface area contributed by atoms with Gasteiger partial charge in [-0.05, 0) is 25.1 Å². The lowest BCUT2D eigenvalue weighted by Crippen LogP contribution is -2.00. The molecule has 3 N–H and O–H groups in total. The quantitative estimate of drug-likeness (QED) is 0.579. The predicted octanol–water partition coefficient (Wildman–Crippen LogP) is 1.76. The summed E-state index contributed by atoms with van der Waals surface area (Å²) in [7, 11) is 1.78. The molecular weight excluding hydrogens is 320 g/mol. The summed E-state index contributed by atoms with van der Waals surface area (Å²) >= 11 is 0. The van der Waals surface area contributed by atoms with Crippen molar-refractivity contribution in [1.29, 1.82) is 0 Å². The molecular formula is C16H16N8O. The zero-order valence-corrected chi connectivity index (χ0v) is 13.8. The summed E-state index contributed by atoms with van der Waals surface area (Å²) in [4.78, 5) is 8.95. The molecule has 4 aromatic heterocycles. The second-order valence-electron chi connectivity index (χ2n) is 5.34. The van der Waals surface area contributed by atoms with E-state index in [0.717, 1.165) is 16.7 Å². The van der Waals surface area contributed by atoms with Crippen molar-refractivity contribution in [1.82, 2.24) is 29.8 Å². The van der Waals surface area contributed by atoms with Gasteiger partial charge in [0.25, 0.3) is 0 Å².